The Labute approximate surface area is 102 Å². The Bertz CT molecular complexity index is 564. The highest BCUT2D eigenvalue weighted by atomic mass is 35.5. The number of hydrogen-bond acceptors (Lipinski definition) is 4. The Kier molecular flexibility index (Phi) is 3.01. The predicted molar refractivity (Wildman–Crippen MR) is 60.5 cm³/mol. The van der Waals surface area contributed by atoms with Crippen LogP contribution >= 0.6 is 11.6 Å². The minimum Gasteiger partial charge on any atom is -0.496 e. The van der Waals surface area contributed by atoms with E-state index in [4.69, 9.17) is 21.4 Å². The Morgan fingerprint density at radius 2 is 2.29 bits per heavy atom. The number of carboxylic acid groups (broad SMARTS) is 1. The summed E-state index contributed by atoms with van der Waals surface area (Å²) in [7, 11) is 1.49. The molecule has 0 aliphatic carbocycles. The lowest BCUT2D eigenvalue weighted by Crippen LogP contribution is -1.92. The van der Waals surface area contributed by atoms with Crippen molar-refractivity contribution >= 4 is 17.6 Å². The van der Waals surface area contributed by atoms with Gasteiger partial charge in [0.1, 0.15) is 11.4 Å². The van der Waals surface area contributed by atoms with Gasteiger partial charge in [-0.2, -0.15) is 0 Å². The average Bonchev–Trinajstić information content (AvgIpc) is 2.77. The van der Waals surface area contributed by atoms with Crippen molar-refractivity contribution in [3.05, 3.63) is 35.0 Å². The van der Waals surface area contributed by atoms with Crippen LogP contribution in [0.4, 0.5) is 0 Å². The number of methoxy groups -OCH3 is 1. The molecular weight excluding hydrogens is 246 g/mol. The fourth-order valence-electron chi connectivity index (χ4n) is 1.42. The van der Waals surface area contributed by atoms with Gasteiger partial charge in [0.05, 0.1) is 17.7 Å². The van der Waals surface area contributed by atoms with Gasteiger partial charge in [-0.1, -0.05) is 22.8 Å². The van der Waals surface area contributed by atoms with Gasteiger partial charge in [-0.15, -0.1) is 0 Å². The fourth-order valence-corrected chi connectivity index (χ4v) is 1.68. The van der Waals surface area contributed by atoms with E-state index >= 15 is 0 Å². The van der Waals surface area contributed by atoms with E-state index in [1.54, 1.807) is 18.2 Å². The standard InChI is InChI=1S/C11H8ClNO4/c1-16-8-4-2-3-6(12)10(8)7-5-9(11(14)15)17-13-7/h2-5H,1H3,(H,14,15). The molecule has 2 rings (SSSR count). The van der Waals surface area contributed by atoms with Crippen LogP contribution in [0.5, 0.6) is 5.75 Å². The highest BCUT2D eigenvalue weighted by Gasteiger charge is 2.17. The van der Waals surface area contributed by atoms with Gasteiger partial charge in [0.2, 0.25) is 5.76 Å². The fraction of sp³-hybridized carbons (Fsp3) is 0.0909. The van der Waals surface area contributed by atoms with Crippen molar-refractivity contribution in [2.24, 2.45) is 0 Å². The van der Waals surface area contributed by atoms with Crippen LogP contribution in [-0.2, 0) is 0 Å². The third-order valence-corrected chi connectivity index (χ3v) is 2.49. The second-order valence-corrected chi connectivity index (χ2v) is 3.61. The zero-order valence-electron chi connectivity index (χ0n) is 8.81. The highest BCUT2D eigenvalue weighted by molar-refractivity contribution is 6.33. The number of carbonyl (C=O) groups is 1. The lowest BCUT2D eigenvalue weighted by atomic mass is 10.1. The quantitative estimate of drug-likeness (QED) is 0.910. The smallest absolute Gasteiger partial charge is 0.374 e. The molecule has 1 heterocycles. The van der Waals surface area contributed by atoms with Crippen molar-refractivity contribution in [2.75, 3.05) is 7.11 Å². The summed E-state index contributed by atoms with van der Waals surface area (Å²) < 4.78 is 9.81. The molecular formula is C11H8ClNO4. The molecule has 0 saturated heterocycles. The molecule has 0 aliphatic rings. The second-order valence-electron chi connectivity index (χ2n) is 3.20. The molecule has 5 nitrogen and oxygen atoms in total. The minimum absolute atomic E-state index is 0.248. The number of hydrogen-bond donors (Lipinski definition) is 1. The number of halogens is 1. The van der Waals surface area contributed by atoms with Crippen LogP contribution in [0.15, 0.2) is 28.8 Å². The van der Waals surface area contributed by atoms with Crippen LogP contribution in [0.25, 0.3) is 11.3 Å². The van der Waals surface area contributed by atoms with Crippen LogP contribution < -0.4 is 4.74 Å². The summed E-state index contributed by atoms with van der Waals surface area (Å²) in [5.74, 6) is -0.931. The topological polar surface area (TPSA) is 72.6 Å². The molecule has 88 valence electrons. The molecule has 0 atom stereocenters. The largest absolute Gasteiger partial charge is 0.496 e. The van der Waals surface area contributed by atoms with Crippen molar-refractivity contribution in [1.29, 1.82) is 0 Å². The lowest BCUT2D eigenvalue weighted by molar-refractivity contribution is 0.0652. The third-order valence-electron chi connectivity index (χ3n) is 2.17. The van der Waals surface area contributed by atoms with E-state index in [9.17, 15) is 4.79 Å². The van der Waals surface area contributed by atoms with E-state index in [1.807, 2.05) is 0 Å². The van der Waals surface area contributed by atoms with E-state index in [-0.39, 0.29) is 5.76 Å². The third kappa shape index (κ3) is 2.09. The van der Waals surface area contributed by atoms with Crippen LogP contribution in [0.1, 0.15) is 10.6 Å². The Morgan fingerprint density at radius 3 is 2.88 bits per heavy atom. The summed E-state index contributed by atoms with van der Waals surface area (Å²) in [6.45, 7) is 0. The number of rotatable bonds is 3. The van der Waals surface area contributed by atoms with Crippen molar-refractivity contribution in [1.82, 2.24) is 5.16 Å². The van der Waals surface area contributed by atoms with Crippen LogP contribution in [0.3, 0.4) is 0 Å². The minimum atomic E-state index is -1.19. The number of nitrogens with zero attached hydrogens (tertiary/aromatic N) is 1. The Morgan fingerprint density at radius 1 is 1.53 bits per heavy atom. The molecule has 0 spiro atoms. The molecule has 0 bridgehead atoms. The normalized spacial score (nSPS) is 10.2. The Balaban J connectivity index is 2.55. The summed E-state index contributed by atoms with van der Waals surface area (Å²) in [4.78, 5) is 10.7. The molecule has 0 radical (unpaired) electrons. The zero-order valence-corrected chi connectivity index (χ0v) is 9.56. The summed E-state index contributed by atoms with van der Waals surface area (Å²) in [5.41, 5.74) is 0.831. The number of carboxylic acids is 1. The van der Waals surface area contributed by atoms with E-state index in [0.717, 1.165) is 0 Å². The van der Waals surface area contributed by atoms with Gasteiger partial charge >= 0.3 is 5.97 Å². The van der Waals surface area contributed by atoms with Crippen molar-refractivity contribution in [2.45, 2.75) is 0 Å². The molecule has 1 aromatic heterocycles. The van der Waals surface area contributed by atoms with Gasteiger partial charge in [0.15, 0.2) is 0 Å². The maximum absolute atomic E-state index is 10.7. The molecule has 1 N–H and O–H groups in total. The Hall–Kier alpha value is -2.01. The van der Waals surface area contributed by atoms with Crippen molar-refractivity contribution in [3.63, 3.8) is 0 Å². The first-order valence-electron chi connectivity index (χ1n) is 4.66. The molecule has 0 saturated carbocycles. The van der Waals surface area contributed by atoms with Crippen LogP contribution in [-0.4, -0.2) is 23.3 Å². The predicted octanol–water partition coefficient (Wildman–Crippen LogP) is 2.70. The average molecular weight is 254 g/mol. The maximum atomic E-state index is 10.7. The molecule has 6 heteroatoms. The van der Waals surface area contributed by atoms with Gasteiger partial charge in [0, 0.05) is 6.07 Å². The first-order chi connectivity index (χ1) is 8.13. The molecule has 1 aromatic carbocycles. The SMILES string of the molecule is COc1cccc(Cl)c1-c1cc(C(=O)O)on1. The maximum Gasteiger partial charge on any atom is 0.374 e. The molecule has 2 aromatic rings. The zero-order chi connectivity index (χ0) is 12.4. The van der Waals surface area contributed by atoms with E-state index in [2.05, 4.69) is 9.68 Å². The number of ether oxygens (including phenoxy) is 1. The molecule has 0 aliphatic heterocycles. The molecule has 0 fully saturated rings. The van der Waals surface area contributed by atoms with Gasteiger partial charge < -0.3 is 14.4 Å². The van der Waals surface area contributed by atoms with E-state index in [0.29, 0.717) is 22.0 Å². The van der Waals surface area contributed by atoms with Gasteiger partial charge in [0.25, 0.3) is 0 Å². The van der Waals surface area contributed by atoms with Crippen molar-refractivity contribution < 1.29 is 19.2 Å². The molecule has 0 unspecified atom stereocenters. The molecule has 17 heavy (non-hydrogen) atoms. The summed E-state index contributed by atoms with van der Waals surface area (Å²) in [5, 5.41) is 12.8. The lowest BCUT2D eigenvalue weighted by Gasteiger charge is -2.06. The van der Waals surface area contributed by atoms with Crippen LogP contribution in [0, 0.1) is 0 Å². The molecule has 0 amide bonds. The number of aromatic nitrogens is 1. The van der Waals surface area contributed by atoms with Gasteiger partial charge in [-0.25, -0.2) is 4.79 Å². The van der Waals surface area contributed by atoms with Crippen molar-refractivity contribution in [3.8, 4) is 17.0 Å². The van der Waals surface area contributed by atoms with E-state index in [1.165, 1.54) is 13.2 Å². The number of benzene rings is 1. The van der Waals surface area contributed by atoms with Crippen LogP contribution in [0.2, 0.25) is 5.02 Å². The van der Waals surface area contributed by atoms with Gasteiger partial charge in [-0.3, -0.25) is 0 Å². The number of aromatic carboxylic acids is 1. The first kappa shape index (κ1) is 11.5. The second kappa shape index (κ2) is 4.47. The monoisotopic (exact) mass is 253 g/mol. The van der Waals surface area contributed by atoms with E-state index < -0.39 is 5.97 Å². The summed E-state index contributed by atoms with van der Waals surface area (Å²) in [6, 6.07) is 6.39. The van der Waals surface area contributed by atoms with Gasteiger partial charge in [-0.05, 0) is 12.1 Å². The summed E-state index contributed by atoms with van der Waals surface area (Å²) in [6.07, 6.45) is 0. The first-order valence-corrected chi connectivity index (χ1v) is 5.04. The summed E-state index contributed by atoms with van der Waals surface area (Å²) >= 11 is 6.02. The highest BCUT2D eigenvalue weighted by Crippen LogP contribution is 2.35.